The Labute approximate surface area is 249 Å². The minimum Gasteiger partial charge on any atom is -0.462 e. The van der Waals surface area contributed by atoms with Crippen molar-refractivity contribution >= 4 is 23.2 Å². The topological polar surface area (TPSA) is 68.6 Å². The first-order valence-electron chi connectivity index (χ1n) is 15.9. The summed E-state index contributed by atoms with van der Waals surface area (Å²) < 4.78 is 7.00. The average Bonchev–Trinajstić information content (AvgIpc) is 3.29. The van der Waals surface area contributed by atoms with Crippen molar-refractivity contribution in [2.75, 3.05) is 24.6 Å². The fraction of sp³-hybridized carbons (Fsp3) is 0.629. The number of aromatic nitrogens is 1. The summed E-state index contributed by atoms with van der Waals surface area (Å²) in [6.07, 6.45) is 5.68. The number of carbonyl (C=O) groups excluding carboxylic acids is 3. The maximum Gasteiger partial charge on any atom is 0.340 e. The highest BCUT2D eigenvalue weighted by Crippen LogP contribution is 2.32. The number of fused-ring (bicyclic) bond motifs is 1. The molecule has 0 aliphatic heterocycles. The number of ether oxygens (including phenoxy) is 1. The Balaban J connectivity index is 0.000000425. The Morgan fingerprint density at radius 2 is 1.63 bits per heavy atom. The lowest BCUT2D eigenvalue weighted by Gasteiger charge is -2.26. The number of anilines is 1. The minimum atomic E-state index is -0.380. The molecule has 0 N–H and O–H groups in total. The Morgan fingerprint density at radius 1 is 1.00 bits per heavy atom. The summed E-state index contributed by atoms with van der Waals surface area (Å²) in [7, 11) is 0. The van der Waals surface area contributed by atoms with Crippen LogP contribution in [0.4, 0.5) is 5.69 Å². The lowest BCUT2D eigenvalue weighted by atomic mass is 9.93. The van der Waals surface area contributed by atoms with Crippen LogP contribution in [0.25, 0.3) is 0 Å². The molecule has 3 rings (SSSR count). The van der Waals surface area contributed by atoms with Gasteiger partial charge in [0.15, 0.2) is 11.6 Å². The standard InChI is InChI=1S/C19H27NO4.C14H23N.C2H6/c1-5-12(4)16(22)11-20-14(6-2)17(19(23)24-7-3)13-9-8-10-15(21)18(13)20;1-5-10-15(11-6-2)14-9-7-8-12(3)13(14)4;1-2/h12H,5-11H2,1-4H3;7-9H,5-6,10-11H2,1-4H3;1-2H3. The Morgan fingerprint density at radius 3 is 2.17 bits per heavy atom. The van der Waals surface area contributed by atoms with E-state index in [4.69, 9.17) is 4.74 Å². The van der Waals surface area contributed by atoms with Gasteiger partial charge < -0.3 is 14.2 Å². The van der Waals surface area contributed by atoms with Crippen LogP contribution in [0.5, 0.6) is 0 Å². The summed E-state index contributed by atoms with van der Waals surface area (Å²) in [5, 5.41) is 0. The van der Waals surface area contributed by atoms with Crippen LogP contribution in [0.1, 0.15) is 131 Å². The zero-order valence-electron chi connectivity index (χ0n) is 27.6. The van der Waals surface area contributed by atoms with E-state index in [1.807, 2.05) is 34.6 Å². The van der Waals surface area contributed by atoms with Crippen molar-refractivity contribution < 1.29 is 19.1 Å². The van der Waals surface area contributed by atoms with Crippen molar-refractivity contribution in [2.45, 2.75) is 121 Å². The van der Waals surface area contributed by atoms with Gasteiger partial charge in [0, 0.05) is 36.8 Å². The third-order valence-corrected chi connectivity index (χ3v) is 7.76. The number of hydrogen-bond acceptors (Lipinski definition) is 5. The first-order chi connectivity index (χ1) is 19.7. The molecule has 1 unspecified atom stereocenters. The van der Waals surface area contributed by atoms with Crippen molar-refractivity contribution in [3.05, 3.63) is 51.8 Å². The molecule has 1 aromatic carbocycles. The van der Waals surface area contributed by atoms with Gasteiger partial charge in [-0.05, 0) is 82.1 Å². The molecular weight excluding hydrogens is 512 g/mol. The quantitative estimate of drug-likeness (QED) is 0.241. The molecule has 230 valence electrons. The van der Waals surface area contributed by atoms with Gasteiger partial charge in [0.1, 0.15) is 0 Å². The van der Waals surface area contributed by atoms with Gasteiger partial charge in [0.05, 0.1) is 24.4 Å². The summed E-state index contributed by atoms with van der Waals surface area (Å²) >= 11 is 0. The monoisotopic (exact) mass is 568 g/mol. The Kier molecular flexibility index (Phi) is 16.3. The normalized spacial score (nSPS) is 12.8. The predicted molar refractivity (Wildman–Crippen MR) is 172 cm³/mol. The molecule has 6 nitrogen and oxygen atoms in total. The summed E-state index contributed by atoms with van der Waals surface area (Å²) in [6.45, 7) is 23.3. The van der Waals surface area contributed by atoms with E-state index >= 15 is 0 Å². The van der Waals surface area contributed by atoms with Crippen LogP contribution in [-0.4, -0.2) is 41.8 Å². The molecule has 1 aliphatic carbocycles. The molecule has 6 heteroatoms. The third kappa shape index (κ3) is 9.31. The number of ketones is 2. The molecule has 1 atom stereocenters. The van der Waals surface area contributed by atoms with Crippen molar-refractivity contribution in [3.8, 4) is 0 Å². The van der Waals surface area contributed by atoms with Gasteiger partial charge in [0.2, 0.25) is 0 Å². The fourth-order valence-corrected chi connectivity index (χ4v) is 5.33. The van der Waals surface area contributed by atoms with Crippen LogP contribution in [0.2, 0.25) is 0 Å². The summed E-state index contributed by atoms with van der Waals surface area (Å²) in [6, 6.07) is 6.60. The van der Waals surface area contributed by atoms with E-state index in [0.717, 1.165) is 37.2 Å². The van der Waals surface area contributed by atoms with Crippen LogP contribution >= 0.6 is 0 Å². The van der Waals surface area contributed by atoms with E-state index in [9.17, 15) is 14.4 Å². The van der Waals surface area contributed by atoms with Crippen molar-refractivity contribution in [2.24, 2.45) is 5.92 Å². The number of esters is 1. The third-order valence-electron chi connectivity index (χ3n) is 7.76. The number of benzene rings is 1. The van der Waals surface area contributed by atoms with E-state index in [0.29, 0.717) is 37.1 Å². The second-order valence-corrected chi connectivity index (χ2v) is 10.6. The van der Waals surface area contributed by atoms with Crippen LogP contribution < -0.4 is 4.90 Å². The van der Waals surface area contributed by atoms with E-state index in [1.165, 1.54) is 29.7 Å². The second kappa shape index (κ2) is 18.5. The number of aryl methyl sites for hydroxylation is 1. The molecule has 0 amide bonds. The van der Waals surface area contributed by atoms with Gasteiger partial charge in [-0.3, -0.25) is 9.59 Å². The van der Waals surface area contributed by atoms with Gasteiger partial charge >= 0.3 is 5.97 Å². The van der Waals surface area contributed by atoms with E-state index < -0.39 is 0 Å². The maximum atomic E-state index is 12.5. The highest BCUT2D eigenvalue weighted by Gasteiger charge is 2.33. The molecule has 0 saturated carbocycles. The zero-order chi connectivity index (χ0) is 31.1. The minimum absolute atomic E-state index is 0.0263. The number of nitrogens with zero attached hydrogens (tertiary/aromatic N) is 2. The number of carbonyl (C=O) groups is 3. The van der Waals surface area contributed by atoms with Gasteiger partial charge in [-0.15, -0.1) is 0 Å². The highest BCUT2D eigenvalue weighted by atomic mass is 16.5. The molecule has 0 bridgehead atoms. The number of Topliss-reactive ketones (excluding diaryl/α,β-unsaturated/α-hetero) is 2. The Bertz CT molecular complexity index is 1130. The summed E-state index contributed by atoms with van der Waals surface area (Å²) in [5.74, 6) is -0.315. The van der Waals surface area contributed by atoms with Gasteiger partial charge in [0.25, 0.3) is 0 Å². The lowest BCUT2D eigenvalue weighted by Crippen LogP contribution is -2.25. The zero-order valence-corrected chi connectivity index (χ0v) is 27.6. The van der Waals surface area contributed by atoms with Gasteiger partial charge in [-0.1, -0.05) is 60.6 Å². The maximum absolute atomic E-state index is 12.5. The lowest BCUT2D eigenvalue weighted by molar-refractivity contribution is -0.123. The van der Waals surface area contributed by atoms with Crippen molar-refractivity contribution in [1.82, 2.24) is 4.57 Å². The van der Waals surface area contributed by atoms with Gasteiger partial charge in [-0.2, -0.15) is 0 Å². The van der Waals surface area contributed by atoms with E-state index in [-0.39, 0.29) is 30.0 Å². The molecule has 2 aromatic rings. The molecule has 1 heterocycles. The first kappa shape index (κ1) is 36.1. The largest absolute Gasteiger partial charge is 0.462 e. The average molecular weight is 569 g/mol. The molecule has 1 aliphatic rings. The molecule has 0 saturated heterocycles. The first-order valence-corrected chi connectivity index (χ1v) is 15.9. The number of hydrogen-bond donors (Lipinski definition) is 0. The van der Waals surface area contributed by atoms with Crippen LogP contribution in [-0.2, 0) is 28.9 Å². The van der Waals surface area contributed by atoms with E-state index in [2.05, 4.69) is 50.8 Å². The van der Waals surface area contributed by atoms with E-state index in [1.54, 1.807) is 11.5 Å². The van der Waals surface area contributed by atoms with Crippen LogP contribution in [0.15, 0.2) is 18.2 Å². The smallest absolute Gasteiger partial charge is 0.340 e. The summed E-state index contributed by atoms with van der Waals surface area (Å²) in [4.78, 5) is 39.9. The predicted octanol–water partition coefficient (Wildman–Crippen LogP) is 8.32. The SMILES string of the molecule is CC.CCCN(CCC)c1cccc(C)c1C.CCOC(=O)c1c2c(n(CC(=O)C(C)CC)c1CC)C(=O)CCC2. The molecule has 0 radical (unpaired) electrons. The molecular formula is C35H56N2O4. The second-order valence-electron chi connectivity index (χ2n) is 10.6. The van der Waals surface area contributed by atoms with Crippen molar-refractivity contribution in [3.63, 3.8) is 0 Å². The molecule has 1 aromatic heterocycles. The highest BCUT2D eigenvalue weighted by molar-refractivity contribution is 6.03. The van der Waals surface area contributed by atoms with Crippen LogP contribution in [0.3, 0.4) is 0 Å². The van der Waals surface area contributed by atoms with Gasteiger partial charge in [-0.25, -0.2) is 4.79 Å². The summed E-state index contributed by atoms with van der Waals surface area (Å²) in [5.41, 5.74) is 6.84. The fourth-order valence-electron chi connectivity index (χ4n) is 5.33. The molecule has 0 spiro atoms. The number of rotatable bonds is 12. The molecule has 0 fully saturated rings. The Hall–Kier alpha value is -2.89. The van der Waals surface area contributed by atoms with Crippen LogP contribution in [0, 0.1) is 19.8 Å². The van der Waals surface area contributed by atoms with Crippen molar-refractivity contribution in [1.29, 1.82) is 0 Å². The molecule has 41 heavy (non-hydrogen) atoms.